The Morgan fingerprint density at radius 2 is 1.46 bits per heavy atom. The molecule has 0 aliphatic carbocycles. The van der Waals surface area contributed by atoms with Gasteiger partial charge in [-0.25, -0.2) is 14.0 Å². The Balaban J connectivity index is 1.42. The number of aromatic hydroxyl groups is 1. The van der Waals surface area contributed by atoms with E-state index in [4.69, 9.17) is 4.74 Å². The molecule has 0 radical (unpaired) electrons. The first-order chi connectivity index (χ1) is 16.9. The maximum atomic E-state index is 13.1. The van der Waals surface area contributed by atoms with Crippen molar-refractivity contribution in [2.24, 2.45) is 0 Å². The predicted octanol–water partition coefficient (Wildman–Crippen LogP) is 3.36. The van der Waals surface area contributed by atoms with Gasteiger partial charge in [0.2, 0.25) is 0 Å². The lowest BCUT2D eigenvalue weighted by molar-refractivity contribution is -0.151. The molecule has 0 saturated carbocycles. The summed E-state index contributed by atoms with van der Waals surface area (Å²) in [6, 6.07) is 14.8. The van der Waals surface area contributed by atoms with E-state index in [0.29, 0.717) is 12.8 Å². The van der Waals surface area contributed by atoms with Gasteiger partial charge in [0.05, 0.1) is 11.7 Å². The topological polar surface area (TPSA) is 92.8 Å². The summed E-state index contributed by atoms with van der Waals surface area (Å²) in [4.78, 5) is 29.4. The first-order valence-electron chi connectivity index (χ1n) is 12.2. The summed E-state index contributed by atoms with van der Waals surface area (Å²) in [5, 5.41) is 13.8. The van der Waals surface area contributed by atoms with Crippen molar-refractivity contribution in [1.29, 1.82) is 0 Å². The molecule has 0 unspecified atom stereocenters. The number of benzene rings is 2. The molecule has 186 valence electrons. The fraction of sp³-hybridized carbons (Fsp3) is 0.423. The Morgan fingerprint density at radius 1 is 0.943 bits per heavy atom. The molecular formula is C26H33N5O4. The van der Waals surface area contributed by atoms with Gasteiger partial charge in [0.15, 0.2) is 0 Å². The molecule has 1 aromatic heterocycles. The number of anilines is 2. The molecule has 4 rings (SSSR count). The second-order valence-electron chi connectivity index (χ2n) is 8.77. The van der Waals surface area contributed by atoms with Crippen molar-refractivity contribution in [1.82, 2.24) is 14.3 Å². The van der Waals surface area contributed by atoms with E-state index in [1.165, 1.54) is 15.6 Å². The minimum atomic E-state index is -0.411. The molecule has 0 bridgehead atoms. The van der Waals surface area contributed by atoms with E-state index >= 15 is 0 Å². The quantitative estimate of drug-likeness (QED) is 0.495. The maximum Gasteiger partial charge on any atom is 0.350 e. The van der Waals surface area contributed by atoms with Gasteiger partial charge in [-0.1, -0.05) is 13.8 Å². The number of ether oxygens (including phenoxy) is 1. The van der Waals surface area contributed by atoms with Crippen LogP contribution in [0.3, 0.4) is 0 Å². The Labute approximate surface area is 205 Å². The van der Waals surface area contributed by atoms with Crippen LogP contribution in [0.2, 0.25) is 0 Å². The van der Waals surface area contributed by atoms with Crippen LogP contribution in [0.1, 0.15) is 39.7 Å². The number of piperazine rings is 1. The summed E-state index contributed by atoms with van der Waals surface area (Å²) in [5.41, 5.74) is 2.68. The van der Waals surface area contributed by atoms with Gasteiger partial charge < -0.3 is 19.6 Å². The molecule has 0 spiro atoms. The first kappa shape index (κ1) is 24.4. The third-order valence-electron chi connectivity index (χ3n) is 6.58. The monoisotopic (exact) mass is 479 g/mol. The molecule has 3 aromatic rings. The Morgan fingerprint density at radius 3 is 1.97 bits per heavy atom. The molecule has 1 aliphatic rings. The Kier molecular flexibility index (Phi) is 7.43. The van der Waals surface area contributed by atoms with E-state index in [9.17, 15) is 14.7 Å². The molecule has 2 aromatic carbocycles. The van der Waals surface area contributed by atoms with Crippen LogP contribution >= 0.6 is 0 Å². The van der Waals surface area contributed by atoms with Crippen LogP contribution in [0.5, 0.6) is 5.75 Å². The van der Waals surface area contributed by atoms with Crippen LogP contribution in [-0.4, -0.2) is 57.7 Å². The summed E-state index contributed by atoms with van der Waals surface area (Å²) in [6.45, 7) is 9.05. The first-order valence-corrected chi connectivity index (χ1v) is 12.2. The molecule has 1 saturated heterocycles. The molecule has 1 fully saturated rings. The average Bonchev–Trinajstić information content (AvgIpc) is 3.28. The lowest BCUT2D eigenvalue weighted by Gasteiger charge is -2.37. The van der Waals surface area contributed by atoms with Gasteiger partial charge in [0.1, 0.15) is 18.2 Å². The number of carbonyl (C=O) groups is 1. The summed E-state index contributed by atoms with van der Waals surface area (Å²) in [6.07, 6.45) is 2.00. The van der Waals surface area contributed by atoms with Crippen LogP contribution in [0.15, 0.2) is 59.7 Å². The standard InChI is InChI=1S/C26H33N5O4/c1-4-24(35-25(33)5-2)19(3)31-26(34)30(18-27-31)22-8-6-20(7-9-22)28-14-16-29(17-15-28)21-10-12-23(32)13-11-21/h6-13,18-19,24,32H,4-5,14-17H2,1-3H3/t19-,24-/m0/s1. The van der Waals surface area contributed by atoms with E-state index in [1.807, 2.05) is 50.2 Å². The van der Waals surface area contributed by atoms with E-state index in [0.717, 1.165) is 43.2 Å². The number of esters is 1. The summed E-state index contributed by atoms with van der Waals surface area (Å²) < 4.78 is 8.38. The Hall–Kier alpha value is -3.75. The summed E-state index contributed by atoms with van der Waals surface area (Å²) >= 11 is 0. The second-order valence-corrected chi connectivity index (χ2v) is 8.77. The second kappa shape index (κ2) is 10.7. The van der Waals surface area contributed by atoms with Crippen LogP contribution in [-0.2, 0) is 9.53 Å². The van der Waals surface area contributed by atoms with E-state index in [-0.39, 0.29) is 23.5 Å². The van der Waals surface area contributed by atoms with Gasteiger partial charge in [0, 0.05) is 44.0 Å². The molecule has 0 amide bonds. The highest BCUT2D eigenvalue weighted by Crippen LogP contribution is 2.23. The van der Waals surface area contributed by atoms with Gasteiger partial charge in [-0.15, -0.1) is 0 Å². The average molecular weight is 480 g/mol. The van der Waals surface area contributed by atoms with Crippen molar-refractivity contribution in [3.05, 3.63) is 65.3 Å². The number of phenolic OH excluding ortho intramolecular Hbond substituents is 1. The minimum Gasteiger partial charge on any atom is -0.508 e. The number of aromatic nitrogens is 3. The summed E-state index contributed by atoms with van der Waals surface area (Å²) in [5.74, 6) is -0.00707. The van der Waals surface area contributed by atoms with E-state index in [1.54, 1.807) is 19.1 Å². The number of rotatable bonds is 8. The highest BCUT2D eigenvalue weighted by atomic mass is 16.5. The fourth-order valence-corrected chi connectivity index (χ4v) is 4.42. The van der Waals surface area contributed by atoms with E-state index in [2.05, 4.69) is 14.9 Å². The number of carbonyl (C=O) groups excluding carboxylic acids is 1. The molecule has 9 nitrogen and oxygen atoms in total. The van der Waals surface area contributed by atoms with Crippen molar-refractivity contribution < 1.29 is 14.6 Å². The zero-order chi connectivity index (χ0) is 24.9. The minimum absolute atomic E-state index is 0.265. The van der Waals surface area contributed by atoms with Crippen molar-refractivity contribution in [3.63, 3.8) is 0 Å². The van der Waals surface area contributed by atoms with Crippen molar-refractivity contribution in [2.45, 2.75) is 45.8 Å². The van der Waals surface area contributed by atoms with Crippen LogP contribution in [0, 0.1) is 0 Å². The third kappa shape index (κ3) is 5.34. The lowest BCUT2D eigenvalue weighted by atomic mass is 10.1. The zero-order valence-electron chi connectivity index (χ0n) is 20.5. The SMILES string of the molecule is CCC(=O)O[C@@H](CC)[C@H](C)n1ncn(-c2ccc(N3CCN(c4ccc(O)cc4)CC3)cc2)c1=O. The van der Waals surface area contributed by atoms with Gasteiger partial charge in [0.25, 0.3) is 0 Å². The van der Waals surface area contributed by atoms with Crippen LogP contribution in [0.4, 0.5) is 11.4 Å². The number of nitrogens with zero attached hydrogens (tertiary/aromatic N) is 5. The number of hydrogen-bond acceptors (Lipinski definition) is 7. The highest BCUT2D eigenvalue weighted by Gasteiger charge is 2.24. The van der Waals surface area contributed by atoms with Crippen LogP contribution in [0.25, 0.3) is 5.69 Å². The van der Waals surface area contributed by atoms with Gasteiger partial charge in [-0.3, -0.25) is 4.79 Å². The number of hydrogen-bond donors (Lipinski definition) is 1. The van der Waals surface area contributed by atoms with Gasteiger partial charge in [-0.2, -0.15) is 5.10 Å². The molecule has 2 heterocycles. The molecule has 1 N–H and O–H groups in total. The molecule has 2 atom stereocenters. The molecular weight excluding hydrogens is 446 g/mol. The summed E-state index contributed by atoms with van der Waals surface area (Å²) in [7, 11) is 0. The smallest absolute Gasteiger partial charge is 0.350 e. The molecule has 1 aliphatic heterocycles. The highest BCUT2D eigenvalue weighted by molar-refractivity contribution is 5.69. The largest absolute Gasteiger partial charge is 0.508 e. The molecule has 9 heteroatoms. The van der Waals surface area contributed by atoms with Gasteiger partial charge >= 0.3 is 11.7 Å². The number of phenols is 1. The maximum absolute atomic E-state index is 13.1. The Bertz CT molecular complexity index is 1180. The zero-order valence-corrected chi connectivity index (χ0v) is 20.5. The fourth-order valence-electron chi connectivity index (χ4n) is 4.42. The van der Waals surface area contributed by atoms with Gasteiger partial charge in [-0.05, 0) is 61.9 Å². The lowest BCUT2D eigenvalue weighted by Crippen LogP contribution is -2.46. The predicted molar refractivity (Wildman–Crippen MR) is 136 cm³/mol. The van der Waals surface area contributed by atoms with Crippen LogP contribution < -0.4 is 15.5 Å². The molecule has 35 heavy (non-hydrogen) atoms. The van der Waals surface area contributed by atoms with Crippen molar-refractivity contribution >= 4 is 17.3 Å². The third-order valence-corrected chi connectivity index (χ3v) is 6.58. The van der Waals surface area contributed by atoms with E-state index < -0.39 is 6.10 Å². The normalized spacial score (nSPS) is 15.6. The van der Waals surface area contributed by atoms with Crippen molar-refractivity contribution in [2.75, 3.05) is 36.0 Å². The van der Waals surface area contributed by atoms with Crippen molar-refractivity contribution in [3.8, 4) is 11.4 Å².